The average Bonchev–Trinajstić information content (AvgIpc) is 2.17. The summed E-state index contributed by atoms with van der Waals surface area (Å²) >= 11 is 0. The van der Waals surface area contributed by atoms with Gasteiger partial charge < -0.3 is 5.32 Å². The van der Waals surface area contributed by atoms with Gasteiger partial charge >= 0.3 is 0 Å². The van der Waals surface area contributed by atoms with E-state index < -0.39 is 0 Å². The lowest BCUT2D eigenvalue weighted by atomic mass is 10.3. The molecule has 5 heteroatoms. The third-order valence-corrected chi connectivity index (χ3v) is 1.16. The van der Waals surface area contributed by atoms with Crippen LogP contribution >= 0.6 is 0 Å². The number of rotatable bonds is 1. The lowest BCUT2D eigenvalue weighted by Crippen LogP contribution is -2.22. The summed E-state index contributed by atoms with van der Waals surface area (Å²) in [6.07, 6.45) is 0.801. The molecule has 5 nitrogen and oxygen atoms in total. The molecule has 0 saturated carbocycles. The van der Waals surface area contributed by atoms with Crippen LogP contribution in [0.4, 0.5) is 0 Å². The number of nitrogens with one attached hydrogen (secondary N) is 1. The van der Waals surface area contributed by atoms with E-state index >= 15 is 0 Å². The molecule has 48 valence electrons. The second-order valence-corrected chi connectivity index (χ2v) is 1.83. The zero-order chi connectivity index (χ0) is 6.69. The summed E-state index contributed by atoms with van der Waals surface area (Å²) in [5, 5.41) is 5.82. The minimum atomic E-state index is -0.303. The second-order valence-electron chi connectivity index (χ2n) is 1.83. The third-order valence-electron chi connectivity index (χ3n) is 1.16. The van der Waals surface area contributed by atoms with Gasteiger partial charge in [-0.1, -0.05) is 5.11 Å². The highest BCUT2D eigenvalue weighted by Gasteiger charge is 2.18. The summed E-state index contributed by atoms with van der Waals surface area (Å²) in [6, 6.07) is 0. The highest BCUT2D eigenvalue weighted by atomic mass is 16.2. The van der Waals surface area contributed by atoms with Crippen molar-refractivity contribution in [1.29, 1.82) is 0 Å². The molecule has 1 atom stereocenters. The molecule has 1 saturated heterocycles. The Morgan fingerprint density at radius 2 is 2.67 bits per heavy atom. The molecule has 1 heterocycles. The molecule has 9 heavy (non-hydrogen) atoms. The summed E-state index contributed by atoms with van der Waals surface area (Å²) in [5.74, 6) is -0.0348. The van der Waals surface area contributed by atoms with Gasteiger partial charge in [-0.2, -0.15) is 0 Å². The standard InChI is InChI=1S/C4H6N4O/c5-8-7-3-1-2-4(9)6-3/h3H,1-2H2,(H,6,9). The molecule has 1 N–H and O–H groups in total. The van der Waals surface area contributed by atoms with Crippen LogP contribution in [-0.4, -0.2) is 12.1 Å². The number of azide groups is 1. The van der Waals surface area contributed by atoms with Gasteiger partial charge in [-0.3, -0.25) is 4.79 Å². The molecular weight excluding hydrogens is 120 g/mol. The van der Waals surface area contributed by atoms with Crippen LogP contribution in [-0.2, 0) is 4.79 Å². The molecule has 0 spiro atoms. The van der Waals surface area contributed by atoms with E-state index in [0.29, 0.717) is 12.8 Å². The van der Waals surface area contributed by atoms with Crippen LogP contribution in [0.2, 0.25) is 0 Å². The number of carbonyl (C=O) groups is 1. The molecule has 0 aromatic heterocycles. The van der Waals surface area contributed by atoms with Gasteiger partial charge in [-0.05, 0) is 12.0 Å². The molecule has 1 unspecified atom stereocenters. The van der Waals surface area contributed by atoms with Crippen molar-refractivity contribution in [3.8, 4) is 0 Å². The first-order valence-corrected chi connectivity index (χ1v) is 2.66. The molecule has 1 aliphatic heterocycles. The minimum absolute atomic E-state index is 0.0348. The molecule has 1 amide bonds. The highest BCUT2D eigenvalue weighted by Crippen LogP contribution is 2.06. The van der Waals surface area contributed by atoms with E-state index in [1.165, 1.54) is 0 Å². The fourth-order valence-electron chi connectivity index (χ4n) is 0.747. The van der Waals surface area contributed by atoms with E-state index in [1.807, 2.05) is 0 Å². The van der Waals surface area contributed by atoms with Crippen molar-refractivity contribution in [2.24, 2.45) is 5.11 Å². The molecular formula is C4H6N4O. The fraction of sp³-hybridized carbons (Fsp3) is 0.750. The van der Waals surface area contributed by atoms with Crippen molar-refractivity contribution in [2.45, 2.75) is 19.0 Å². The number of nitrogens with zero attached hydrogens (tertiary/aromatic N) is 3. The van der Waals surface area contributed by atoms with Crippen LogP contribution in [0.1, 0.15) is 12.8 Å². The first-order chi connectivity index (χ1) is 4.33. The van der Waals surface area contributed by atoms with Crippen LogP contribution in [0.25, 0.3) is 10.4 Å². The third kappa shape index (κ3) is 1.33. The Morgan fingerprint density at radius 3 is 3.11 bits per heavy atom. The van der Waals surface area contributed by atoms with Crippen LogP contribution in [0.5, 0.6) is 0 Å². The number of hydrogen-bond donors (Lipinski definition) is 1. The van der Waals surface area contributed by atoms with Gasteiger partial charge in [0.05, 0.1) is 0 Å². The molecule has 0 radical (unpaired) electrons. The van der Waals surface area contributed by atoms with Gasteiger partial charge in [0, 0.05) is 11.3 Å². The monoisotopic (exact) mass is 126 g/mol. The maximum atomic E-state index is 10.4. The van der Waals surface area contributed by atoms with Crippen molar-refractivity contribution in [3.63, 3.8) is 0 Å². The predicted molar refractivity (Wildman–Crippen MR) is 30.3 cm³/mol. The van der Waals surface area contributed by atoms with Crippen LogP contribution in [0.15, 0.2) is 5.11 Å². The molecule has 1 rings (SSSR count). The van der Waals surface area contributed by atoms with E-state index in [-0.39, 0.29) is 12.1 Å². The van der Waals surface area contributed by atoms with Gasteiger partial charge in [-0.25, -0.2) is 0 Å². The fourth-order valence-corrected chi connectivity index (χ4v) is 0.747. The SMILES string of the molecule is [N-]=[N+]=NC1CCC(=O)N1. The Bertz CT molecular complexity index is 171. The smallest absolute Gasteiger partial charge is 0.220 e. The molecule has 0 aromatic carbocycles. The number of amides is 1. The summed E-state index contributed by atoms with van der Waals surface area (Å²) < 4.78 is 0. The largest absolute Gasteiger partial charge is 0.347 e. The zero-order valence-corrected chi connectivity index (χ0v) is 4.74. The van der Waals surface area contributed by atoms with Crippen molar-refractivity contribution in [1.82, 2.24) is 5.32 Å². The van der Waals surface area contributed by atoms with Gasteiger partial charge in [0.25, 0.3) is 0 Å². The maximum absolute atomic E-state index is 10.4. The summed E-state index contributed by atoms with van der Waals surface area (Å²) in [7, 11) is 0. The van der Waals surface area contributed by atoms with Gasteiger partial charge in [-0.15, -0.1) is 0 Å². The zero-order valence-electron chi connectivity index (χ0n) is 4.74. The molecule has 0 aliphatic carbocycles. The predicted octanol–water partition coefficient (Wildman–Crippen LogP) is 0.533. The molecule has 1 aliphatic rings. The number of hydrogen-bond acceptors (Lipinski definition) is 2. The molecule has 1 fully saturated rings. The lowest BCUT2D eigenvalue weighted by Gasteiger charge is -1.96. The molecule has 0 bridgehead atoms. The second kappa shape index (κ2) is 2.37. The first-order valence-electron chi connectivity index (χ1n) is 2.66. The highest BCUT2D eigenvalue weighted by molar-refractivity contribution is 5.78. The van der Waals surface area contributed by atoms with Gasteiger partial charge in [0.1, 0.15) is 6.17 Å². The van der Waals surface area contributed by atoms with Crippen molar-refractivity contribution in [3.05, 3.63) is 10.4 Å². The summed E-state index contributed by atoms with van der Waals surface area (Å²) in [6.45, 7) is 0. The van der Waals surface area contributed by atoms with Gasteiger partial charge in [0.15, 0.2) is 0 Å². The summed E-state index contributed by atoms with van der Waals surface area (Å²) in [4.78, 5) is 13.0. The van der Waals surface area contributed by atoms with Crippen molar-refractivity contribution >= 4 is 5.91 Å². The average molecular weight is 126 g/mol. The maximum Gasteiger partial charge on any atom is 0.220 e. The quantitative estimate of drug-likeness (QED) is 0.310. The van der Waals surface area contributed by atoms with E-state index in [2.05, 4.69) is 15.3 Å². The Labute approximate surface area is 51.7 Å². The van der Waals surface area contributed by atoms with Crippen LogP contribution in [0.3, 0.4) is 0 Å². The van der Waals surface area contributed by atoms with Crippen LogP contribution in [0, 0.1) is 0 Å². The van der Waals surface area contributed by atoms with Crippen LogP contribution < -0.4 is 5.32 Å². The van der Waals surface area contributed by atoms with E-state index in [9.17, 15) is 4.79 Å². The van der Waals surface area contributed by atoms with Crippen molar-refractivity contribution < 1.29 is 4.79 Å². The van der Waals surface area contributed by atoms with Crippen molar-refractivity contribution in [2.75, 3.05) is 0 Å². The normalized spacial score (nSPS) is 24.9. The summed E-state index contributed by atoms with van der Waals surface area (Å²) in [5.41, 5.74) is 7.92. The Kier molecular flexibility index (Phi) is 1.55. The van der Waals surface area contributed by atoms with E-state index in [4.69, 9.17) is 5.53 Å². The molecule has 0 aromatic rings. The van der Waals surface area contributed by atoms with Gasteiger partial charge in [0.2, 0.25) is 5.91 Å². The minimum Gasteiger partial charge on any atom is -0.347 e. The first kappa shape index (κ1) is 5.91. The topological polar surface area (TPSA) is 77.9 Å². The number of carbonyl (C=O) groups excluding carboxylic acids is 1. The lowest BCUT2D eigenvalue weighted by molar-refractivity contribution is -0.119. The van der Waals surface area contributed by atoms with E-state index in [0.717, 1.165) is 0 Å². The van der Waals surface area contributed by atoms with E-state index in [1.54, 1.807) is 0 Å². The Hall–Kier alpha value is -1.22. The Balaban J connectivity index is 2.48. The Morgan fingerprint density at radius 1 is 1.89 bits per heavy atom.